The van der Waals surface area contributed by atoms with Gasteiger partial charge in [-0.25, -0.2) is 14.6 Å². The van der Waals surface area contributed by atoms with Gasteiger partial charge in [-0.15, -0.1) is 0 Å². The normalized spacial score (nSPS) is 31.3. The fourth-order valence-electron chi connectivity index (χ4n) is 7.55. The number of para-hydroxylation sites is 2. The van der Waals surface area contributed by atoms with Crippen molar-refractivity contribution in [3.63, 3.8) is 0 Å². The van der Waals surface area contributed by atoms with Crippen LogP contribution in [0.5, 0.6) is 0 Å². The lowest BCUT2D eigenvalue weighted by Crippen LogP contribution is -2.61. The number of hydrogen-bond acceptors (Lipinski definition) is 6. The molecule has 5 aliphatic rings. The van der Waals surface area contributed by atoms with Gasteiger partial charge in [0.25, 0.3) is 0 Å². The van der Waals surface area contributed by atoms with Gasteiger partial charge in [-0.1, -0.05) is 60.0 Å². The first kappa shape index (κ1) is 25.8. The molecule has 2 unspecified atom stereocenters. The van der Waals surface area contributed by atoms with E-state index in [9.17, 15) is 24.0 Å². The standard InChI is InChI=1S/C29H24Cl2N2O6/c1-4-39-28(38)21-13(2)18-19-22(26(36)32(24(19)34)16-11-7-5-9-14(16)30)29(21,3)23-20(18)25(35)33(27(23)37)17-12-8-6-10-15(17)31/h5-12,18-20,22-23H,4H2,1-3H3/t18?,19-,20-,22-,23+,29?/m1/s1. The lowest BCUT2D eigenvalue weighted by Gasteiger charge is -2.55. The van der Waals surface area contributed by atoms with Gasteiger partial charge in [0.2, 0.25) is 23.6 Å². The first-order valence-electron chi connectivity index (χ1n) is 12.7. The predicted molar refractivity (Wildman–Crippen MR) is 143 cm³/mol. The molecule has 8 nitrogen and oxygen atoms in total. The molecule has 6 atom stereocenters. The molecule has 10 heteroatoms. The Kier molecular flexibility index (Phi) is 5.79. The fourth-order valence-corrected chi connectivity index (χ4v) is 7.99. The van der Waals surface area contributed by atoms with Crippen molar-refractivity contribution in [3.8, 4) is 0 Å². The topological polar surface area (TPSA) is 101 Å². The first-order chi connectivity index (χ1) is 18.6. The summed E-state index contributed by atoms with van der Waals surface area (Å²) in [4.78, 5) is 71.9. The minimum Gasteiger partial charge on any atom is -0.463 e. The molecule has 2 saturated heterocycles. The molecule has 1 saturated carbocycles. The maximum absolute atomic E-state index is 14.2. The van der Waals surface area contributed by atoms with E-state index in [4.69, 9.17) is 27.9 Å². The second-order valence-electron chi connectivity index (χ2n) is 10.5. The van der Waals surface area contributed by atoms with Gasteiger partial charge in [0.05, 0.1) is 51.7 Å². The average Bonchev–Trinajstić information content (AvgIpc) is 3.31. The molecule has 3 aliphatic carbocycles. The molecule has 2 aromatic carbocycles. The first-order valence-corrected chi connectivity index (χ1v) is 13.5. The highest BCUT2D eigenvalue weighted by molar-refractivity contribution is 6.37. The monoisotopic (exact) mass is 566 g/mol. The number of carbonyl (C=O) groups excluding carboxylic acids is 5. The summed E-state index contributed by atoms with van der Waals surface area (Å²) in [5.41, 5.74) is -0.375. The Balaban J connectivity index is 1.57. The van der Waals surface area contributed by atoms with Gasteiger partial charge in [0.1, 0.15) is 0 Å². The van der Waals surface area contributed by atoms with Crippen molar-refractivity contribution < 1.29 is 28.7 Å². The average molecular weight is 567 g/mol. The van der Waals surface area contributed by atoms with Crippen molar-refractivity contribution in [2.45, 2.75) is 20.8 Å². The fraction of sp³-hybridized carbons (Fsp3) is 0.345. The molecular formula is C29H24Cl2N2O6. The van der Waals surface area contributed by atoms with Crippen LogP contribution in [0.15, 0.2) is 59.7 Å². The molecule has 39 heavy (non-hydrogen) atoms. The van der Waals surface area contributed by atoms with Gasteiger partial charge < -0.3 is 4.74 Å². The summed E-state index contributed by atoms with van der Waals surface area (Å²) in [5.74, 6) is -7.72. The molecular weight excluding hydrogens is 543 g/mol. The Labute approximate surface area is 234 Å². The zero-order valence-electron chi connectivity index (χ0n) is 21.3. The van der Waals surface area contributed by atoms with E-state index in [-0.39, 0.29) is 33.6 Å². The van der Waals surface area contributed by atoms with E-state index in [1.165, 1.54) is 0 Å². The highest BCUT2D eigenvalue weighted by Crippen LogP contribution is 2.69. The van der Waals surface area contributed by atoms with Crippen LogP contribution in [-0.4, -0.2) is 36.2 Å². The van der Waals surface area contributed by atoms with Crippen LogP contribution < -0.4 is 9.80 Å². The predicted octanol–water partition coefficient (Wildman–Crippen LogP) is 4.43. The molecule has 200 valence electrons. The lowest BCUT2D eigenvalue weighted by atomic mass is 9.43. The number of benzene rings is 2. The van der Waals surface area contributed by atoms with Gasteiger partial charge in [0, 0.05) is 16.9 Å². The lowest BCUT2D eigenvalue weighted by molar-refractivity contribution is -0.155. The number of rotatable bonds is 4. The number of ether oxygens (including phenoxy) is 1. The summed E-state index contributed by atoms with van der Waals surface area (Å²) in [6.07, 6.45) is 0. The molecule has 7 rings (SSSR count). The third-order valence-electron chi connectivity index (χ3n) is 8.87. The summed E-state index contributed by atoms with van der Waals surface area (Å²) in [7, 11) is 0. The maximum atomic E-state index is 14.2. The second kappa shape index (κ2) is 8.76. The quantitative estimate of drug-likeness (QED) is 0.400. The van der Waals surface area contributed by atoms with Crippen LogP contribution in [0.1, 0.15) is 20.8 Å². The largest absolute Gasteiger partial charge is 0.463 e. The third kappa shape index (κ3) is 3.16. The van der Waals surface area contributed by atoms with Crippen LogP contribution in [0.4, 0.5) is 11.4 Å². The van der Waals surface area contributed by atoms with Crippen molar-refractivity contribution in [3.05, 3.63) is 69.7 Å². The molecule has 0 spiro atoms. The molecule has 3 fully saturated rings. The minimum atomic E-state index is -1.49. The van der Waals surface area contributed by atoms with E-state index in [0.717, 1.165) is 9.80 Å². The van der Waals surface area contributed by atoms with Crippen molar-refractivity contribution in [1.82, 2.24) is 0 Å². The molecule has 2 bridgehead atoms. The number of carbonyl (C=O) groups is 5. The van der Waals surface area contributed by atoms with Crippen molar-refractivity contribution in [2.75, 3.05) is 16.4 Å². The SMILES string of the molecule is CCOC(=O)C1=C(C)C2[C@H]3C(=O)N(c4ccccc4Cl)C(=O)[C@H]3C1(C)[C@H]1C(=O)N(c3ccccc3Cl)C(=O)[C@H]21. The number of allylic oxidation sites excluding steroid dienone is 1. The van der Waals surface area contributed by atoms with Crippen LogP contribution in [-0.2, 0) is 28.7 Å². The van der Waals surface area contributed by atoms with E-state index in [2.05, 4.69) is 0 Å². The van der Waals surface area contributed by atoms with Crippen LogP contribution in [0.3, 0.4) is 0 Å². The molecule has 0 N–H and O–H groups in total. The molecule has 4 amide bonds. The molecule has 0 aromatic heterocycles. The number of anilines is 2. The Morgan fingerprint density at radius 1 is 0.795 bits per heavy atom. The molecule has 2 aliphatic heterocycles. The third-order valence-corrected chi connectivity index (χ3v) is 9.51. The Bertz CT molecular complexity index is 1440. The Morgan fingerprint density at radius 3 is 1.64 bits per heavy atom. The Hall–Kier alpha value is -3.49. The van der Waals surface area contributed by atoms with Crippen LogP contribution in [0, 0.1) is 35.0 Å². The van der Waals surface area contributed by atoms with Gasteiger partial charge in [-0.2, -0.15) is 0 Å². The Morgan fingerprint density at radius 2 is 1.23 bits per heavy atom. The molecule has 0 radical (unpaired) electrons. The number of amides is 4. The van der Waals surface area contributed by atoms with E-state index >= 15 is 0 Å². The summed E-state index contributed by atoms with van der Waals surface area (Å²) < 4.78 is 5.39. The van der Waals surface area contributed by atoms with Crippen LogP contribution in [0.25, 0.3) is 0 Å². The number of imide groups is 2. The van der Waals surface area contributed by atoms with E-state index < -0.39 is 64.6 Å². The minimum absolute atomic E-state index is 0.0792. The number of nitrogens with zero attached hydrogens (tertiary/aromatic N) is 2. The summed E-state index contributed by atoms with van der Waals surface area (Å²) in [6.45, 7) is 5.06. The van der Waals surface area contributed by atoms with Gasteiger partial charge in [-0.3, -0.25) is 19.2 Å². The van der Waals surface area contributed by atoms with Gasteiger partial charge in [0.15, 0.2) is 0 Å². The molecule has 2 heterocycles. The van der Waals surface area contributed by atoms with E-state index in [1.807, 2.05) is 0 Å². The molecule has 2 aromatic rings. The highest BCUT2D eigenvalue weighted by Gasteiger charge is 2.77. The van der Waals surface area contributed by atoms with Crippen molar-refractivity contribution in [1.29, 1.82) is 0 Å². The maximum Gasteiger partial charge on any atom is 0.334 e. The van der Waals surface area contributed by atoms with Crippen molar-refractivity contribution in [2.24, 2.45) is 35.0 Å². The van der Waals surface area contributed by atoms with Crippen LogP contribution >= 0.6 is 23.2 Å². The summed E-state index contributed by atoms with van der Waals surface area (Å²) in [5, 5.41) is 0.422. The second-order valence-corrected chi connectivity index (χ2v) is 11.3. The van der Waals surface area contributed by atoms with Crippen LogP contribution in [0.2, 0.25) is 10.0 Å². The number of halogens is 2. The zero-order valence-corrected chi connectivity index (χ0v) is 22.8. The van der Waals surface area contributed by atoms with Crippen molar-refractivity contribution >= 4 is 64.2 Å². The highest BCUT2D eigenvalue weighted by atomic mass is 35.5. The zero-order chi connectivity index (χ0) is 28.0. The van der Waals surface area contributed by atoms with Gasteiger partial charge >= 0.3 is 5.97 Å². The smallest absolute Gasteiger partial charge is 0.334 e. The summed E-state index contributed by atoms with van der Waals surface area (Å²) >= 11 is 12.8. The number of hydrogen-bond donors (Lipinski definition) is 0. The van der Waals surface area contributed by atoms with E-state index in [0.29, 0.717) is 5.57 Å². The summed E-state index contributed by atoms with van der Waals surface area (Å²) in [6, 6.07) is 13.0. The number of esters is 1. The van der Waals surface area contributed by atoms with E-state index in [1.54, 1.807) is 69.3 Å². The van der Waals surface area contributed by atoms with Gasteiger partial charge in [-0.05, 0) is 38.1 Å².